The lowest BCUT2D eigenvalue weighted by Crippen LogP contribution is -2.35. The smallest absolute Gasteiger partial charge is 0.120 e. The van der Waals surface area contributed by atoms with Crippen LogP contribution in [0.3, 0.4) is 0 Å². The van der Waals surface area contributed by atoms with Crippen LogP contribution in [0.4, 0.5) is 0 Å². The van der Waals surface area contributed by atoms with E-state index in [2.05, 4.69) is 28.2 Å². The number of halogens is 1. The first kappa shape index (κ1) is 11.9. The highest BCUT2D eigenvalue weighted by Crippen LogP contribution is 2.23. The zero-order valence-electron chi connectivity index (χ0n) is 9.58. The van der Waals surface area contributed by atoms with E-state index in [0.29, 0.717) is 12.0 Å². The average molecular weight is 284 g/mol. The summed E-state index contributed by atoms with van der Waals surface area (Å²) in [6.07, 6.45) is 2.74. The predicted octanol–water partition coefficient (Wildman–Crippen LogP) is 3.22. The molecule has 1 aliphatic heterocycles. The van der Waals surface area contributed by atoms with E-state index in [1.807, 2.05) is 24.3 Å². The SMILES string of the molecule is CC(Oc1cccc(Br)c1)C1CCNCC1. The van der Waals surface area contributed by atoms with Gasteiger partial charge in [-0.05, 0) is 57.0 Å². The topological polar surface area (TPSA) is 21.3 Å². The second kappa shape index (κ2) is 5.69. The van der Waals surface area contributed by atoms with Gasteiger partial charge < -0.3 is 10.1 Å². The standard InChI is InChI=1S/C13H18BrNO/c1-10(11-5-7-15-8-6-11)16-13-4-2-3-12(14)9-13/h2-4,9-11,15H,5-8H2,1H3. The van der Waals surface area contributed by atoms with Gasteiger partial charge in [-0.15, -0.1) is 0 Å². The van der Waals surface area contributed by atoms with Crippen molar-refractivity contribution in [3.8, 4) is 5.75 Å². The largest absolute Gasteiger partial charge is 0.490 e. The van der Waals surface area contributed by atoms with E-state index in [4.69, 9.17) is 4.74 Å². The molecule has 1 heterocycles. The van der Waals surface area contributed by atoms with E-state index in [1.165, 1.54) is 12.8 Å². The minimum atomic E-state index is 0.302. The predicted molar refractivity (Wildman–Crippen MR) is 69.8 cm³/mol. The van der Waals surface area contributed by atoms with Gasteiger partial charge in [-0.3, -0.25) is 0 Å². The highest BCUT2D eigenvalue weighted by Gasteiger charge is 2.21. The Morgan fingerprint density at radius 3 is 2.81 bits per heavy atom. The van der Waals surface area contributed by atoms with E-state index in [1.54, 1.807) is 0 Å². The zero-order valence-corrected chi connectivity index (χ0v) is 11.2. The highest BCUT2D eigenvalue weighted by atomic mass is 79.9. The second-order valence-corrected chi connectivity index (χ2v) is 5.28. The fraction of sp³-hybridized carbons (Fsp3) is 0.538. The van der Waals surface area contributed by atoms with Crippen molar-refractivity contribution in [2.24, 2.45) is 5.92 Å². The molecule has 2 nitrogen and oxygen atoms in total. The van der Waals surface area contributed by atoms with Crippen molar-refractivity contribution in [1.82, 2.24) is 5.32 Å². The van der Waals surface area contributed by atoms with Gasteiger partial charge in [0.1, 0.15) is 5.75 Å². The summed E-state index contributed by atoms with van der Waals surface area (Å²) in [6.45, 7) is 4.42. The van der Waals surface area contributed by atoms with Crippen LogP contribution in [0.15, 0.2) is 28.7 Å². The molecular weight excluding hydrogens is 266 g/mol. The Morgan fingerprint density at radius 1 is 1.38 bits per heavy atom. The molecule has 2 rings (SSSR count). The van der Waals surface area contributed by atoms with Gasteiger partial charge in [0, 0.05) is 4.47 Å². The van der Waals surface area contributed by atoms with Gasteiger partial charge in [0.25, 0.3) is 0 Å². The highest BCUT2D eigenvalue weighted by molar-refractivity contribution is 9.10. The molecule has 0 amide bonds. The third kappa shape index (κ3) is 3.22. The lowest BCUT2D eigenvalue weighted by molar-refractivity contribution is 0.128. The van der Waals surface area contributed by atoms with Gasteiger partial charge in [-0.25, -0.2) is 0 Å². The van der Waals surface area contributed by atoms with Crippen LogP contribution >= 0.6 is 15.9 Å². The molecule has 3 heteroatoms. The molecular formula is C13H18BrNO. The van der Waals surface area contributed by atoms with Gasteiger partial charge in [-0.2, -0.15) is 0 Å². The first-order valence-corrected chi connectivity index (χ1v) is 6.68. The molecule has 1 saturated heterocycles. The second-order valence-electron chi connectivity index (χ2n) is 4.37. The van der Waals surface area contributed by atoms with Crippen LogP contribution < -0.4 is 10.1 Å². The first-order valence-electron chi connectivity index (χ1n) is 5.88. The van der Waals surface area contributed by atoms with Gasteiger partial charge in [0.05, 0.1) is 6.10 Å². The molecule has 1 unspecified atom stereocenters. The lowest BCUT2D eigenvalue weighted by atomic mass is 9.93. The fourth-order valence-electron chi connectivity index (χ4n) is 2.16. The van der Waals surface area contributed by atoms with Crippen LogP contribution in [0.1, 0.15) is 19.8 Å². The summed E-state index contributed by atoms with van der Waals surface area (Å²) in [6, 6.07) is 8.07. The number of ether oxygens (including phenoxy) is 1. The summed E-state index contributed by atoms with van der Waals surface area (Å²) in [5.41, 5.74) is 0. The van der Waals surface area contributed by atoms with Gasteiger partial charge in [0.15, 0.2) is 0 Å². The number of hydrogen-bond acceptors (Lipinski definition) is 2. The van der Waals surface area contributed by atoms with Crippen molar-refractivity contribution in [2.45, 2.75) is 25.9 Å². The molecule has 0 aromatic heterocycles. The summed E-state index contributed by atoms with van der Waals surface area (Å²) >= 11 is 3.46. The van der Waals surface area contributed by atoms with Crippen molar-refractivity contribution < 1.29 is 4.74 Å². The van der Waals surface area contributed by atoms with Crippen molar-refractivity contribution in [3.63, 3.8) is 0 Å². The minimum absolute atomic E-state index is 0.302. The number of nitrogens with one attached hydrogen (secondary N) is 1. The molecule has 1 aliphatic rings. The summed E-state index contributed by atoms with van der Waals surface area (Å²) in [4.78, 5) is 0. The molecule has 1 N–H and O–H groups in total. The number of hydrogen-bond donors (Lipinski definition) is 1. The Bertz CT molecular complexity index is 336. The van der Waals surface area contributed by atoms with Crippen LogP contribution in [0.2, 0.25) is 0 Å². The van der Waals surface area contributed by atoms with Crippen LogP contribution in [0, 0.1) is 5.92 Å². The Kier molecular flexibility index (Phi) is 4.24. The molecule has 0 aliphatic carbocycles. The van der Waals surface area contributed by atoms with Gasteiger partial charge in [-0.1, -0.05) is 22.0 Å². The molecule has 0 bridgehead atoms. The van der Waals surface area contributed by atoms with Crippen molar-refractivity contribution in [1.29, 1.82) is 0 Å². The van der Waals surface area contributed by atoms with Crippen LogP contribution in [-0.4, -0.2) is 19.2 Å². The zero-order chi connectivity index (χ0) is 11.4. The summed E-state index contributed by atoms with van der Waals surface area (Å²) in [5, 5.41) is 3.38. The summed E-state index contributed by atoms with van der Waals surface area (Å²) in [7, 11) is 0. The van der Waals surface area contributed by atoms with E-state index in [9.17, 15) is 0 Å². The summed E-state index contributed by atoms with van der Waals surface area (Å²) in [5.74, 6) is 1.64. The van der Waals surface area contributed by atoms with Crippen molar-refractivity contribution in [2.75, 3.05) is 13.1 Å². The maximum atomic E-state index is 5.98. The van der Waals surface area contributed by atoms with E-state index in [-0.39, 0.29) is 0 Å². The van der Waals surface area contributed by atoms with Crippen LogP contribution in [-0.2, 0) is 0 Å². The maximum absolute atomic E-state index is 5.98. The minimum Gasteiger partial charge on any atom is -0.490 e. The van der Waals surface area contributed by atoms with Crippen molar-refractivity contribution in [3.05, 3.63) is 28.7 Å². The molecule has 16 heavy (non-hydrogen) atoms. The Hall–Kier alpha value is -0.540. The van der Waals surface area contributed by atoms with Gasteiger partial charge in [0.2, 0.25) is 0 Å². The third-order valence-corrected chi connectivity index (χ3v) is 3.66. The van der Waals surface area contributed by atoms with E-state index in [0.717, 1.165) is 23.3 Å². The molecule has 0 saturated carbocycles. The third-order valence-electron chi connectivity index (χ3n) is 3.17. The first-order chi connectivity index (χ1) is 7.75. The van der Waals surface area contributed by atoms with Crippen molar-refractivity contribution >= 4 is 15.9 Å². The molecule has 1 aromatic carbocycles. The monoisotopic (exact) mass is 283 g/mol. The van der Waals surface area contributed by atoms with E-state index < -0.39 is 0 Å². The quantitative estimate of drug-likeness (QED) is 0.920. The molecule has 1 aromatic rings. The molecule has 1 atom stereocenters. The van der Waals surface area contributed by atoms with E-state index >= 15 is 0 Å². The van der Waals surface area contributed by atoms with Gasteiger partial charge >= 0.3 is 0 Å². The molecule has 0 spiro atoms. The average Bonchev–Trinajstić information content (AvgIpc) is 2.30. The normalized spacial score (nSPS) is 19.4. The maximum Gasteiger partial charge on any atom is 0.120 e. The lowest BCUT2D eigenvalue weighted by Gasteiger charge is -2.28. The number of benzene rings is 1. The number of rotatable bonds is 3. The van der Waals surface area contributed by atoms with Crippen LogP contribution in [0.5, 0.6) is 5.75 Å². The number of piperidine rings is 1. The molecule has 0 radical (unpaired) electrons. The Balaban J connectivity index is 1.93. The Labute approximate surface area is 106 Å². The molecule has 88 valence electrons. The Morgan fingerprint density at radius 2 is 2.12 bits per heavy atom. The summed E-state index contributed by atoms with van der Waals surface area (Å²) < 4.78 is 7.05. The van der Waals surface area contributed by atoms with Crippen LogP contribution in [0.25, 0.3) is 0 Å². The molecule has 1 fully saturated rings. The fourth-order valence-corrected chi connectivity index (χ4v) is 2.54.